The highest BCUT2D eigenvalue weighted by Crippen LogP contribution is 2.25. The molecule has 8 heteroatoms. The molecular formula is C20H27N3O4S. The van der Waals surface area contributed by atoms with Gasteiger partial charge in [0.05, 0.1) is 30.7 Å². The van der Waals surface area contributed by atoms with Crippen molar-refractivity contribution in [2.45, 2.75) is 19.4 Å². The fraction of sp³-hybridized carbons (Fsp3) is 0.450. The normalized spacial score (nSPS) is 16.1. The standard InChI is InChI=1S/C20H27N3O4S/c1-20(2,23-8-10-27-11-9-23)14-21-19(24)17-12-15-6-4-5-7-16(15)13-18(17)22-28(3,25)26/h4-7,12-13,22H,8-11,14H2,1-3H3,(H,21,24). The molecule has 28 heavy (non-hydrogen) atoms. The smallest absolute Gasteiger partial charge is 0.253 e. The van der Waals surface area contributed by atoms with Gasteiger partial charge in [0.2, 0.25) is 10.0 Å². The predicted molar refractivity (Wildman–Crippen MR) is 111 cm³/mol. The van der Waals surface area contributed by atoms with Crippen molar-refractivity contribution < 1.29 is 17.9 Å². The van der Waals surface area contributed by atoms with Crippen molar-refractivity contribution in [3.8, 4) is 0 Å². The summed E-state index contributed by atoms with van der Waals surface area (Å²) in [5, 5.41) is 4.71. The molecule has 0 aromatic heterocycles. The fourth-order valence-corrected chi connectivity index (χ4v) is 3.95. The summed E-state index contributed by atoms with van der Waals surface area (Å²) in [6.45, 7) is 7.61. The Kier molecular flexibility index (Phi) is 5.92. The number of fused-ring (bicyclic) bond motifs is 1. The lowest BCUT2D eigenvalue weighted by Gasteiger charge is -2.40. The van der Waals surface area contributed by atoms with E-state index < -0.39 is 10.0 Å². The lowest BCUT2D eigenvalue weighted by Crippen LogP contribution is -2.55. The predicted octanol–water partition coefficient (Wildman–Crippen LogP) is 2.05. The highest BCUT2D eigenvalue weighted by atomic mass is 32.2. The molecule has 2 aromatic carbocycles. The lowest BCUT2D eigenvalue weighted by molar-refractivity contribution is -0.00923. The third kappa shape index (κ3) is 5.01. The van der Waals surface area contributed by atoms with Crippen molar-refractivity contribution in [1.29, 1.82) is 0 Å². The molecule has 2 aromatic rings. The number of benzene rings is 2. The molecule has 152 valence electrons. The van der Waals surface area contributed by atoms with Crippen LogP contribution in [-0.4, -0.2) is 63.9 Å². The van der Waals surface area contributed by atoms with E-state index in [1.165, 1.54) is 0 Å². The zero-order valence-electron chi connectivity index (χ0n) is 16.5. The Hall–Kier alpha value is -2.16. The molecule has 0 radical (unpaired) electrons. The number of amides is 1. The van der Waals surface area contributed by atoms with Crippen LogP contribution in [0.4, 0.5) is 5.69 Å². The fourth-order valence-electron chi connectivity index (χ4n) is 3.38. The zero-order valence-corrected chi connectivity index (χ0v) is 17.3. The zero-order chi connectivity index (χ0) is 20.4. The van der Waals surface area contributed by atoms with Crippen LogP contribution in [0.3, 0.4) is 0 Å². The first-order valence-corrected chi connectivity index (χ1v) is 11.2. The Morgan fingerprint density at radius 1 is 1.14 bits per heavy atom. The summed E-state index contributed by atoms with van der Waals surface area (Å²) in [5.41, 5.74) is 0.352. The van der Waals surface area contributed by atoms with Gasteiger partial charge in [-0.2, -0.15) is 0 Å². The van der Waals surface area contributed by atoms with Crippen molar-refractivity contribution >= 4 is 32.4 Å². The van der Waals surface area contributed by atoms with Crippen LogP contribution in [0.25, 0.3) is 10.8 Å². The van der Waals surface area contributed by atoms with E-state index in [4.69, 9.17) is 4.74 Å². The molecule has 1 heterocycles. The monoisotopic (exact) mass is 405 g/mol. The van der Waals surface area contributed by atoms with Gasteiger partial charge in [0.1, 0.15) is 0 Å². The van der Waals surface area contributed by atoms with E-state index in [1.54, 1.807) is 12.1 Å². The molecule has 0 atom stereocenters. The number of hydrogen-bond acceptors (Lipinski definition) is 5. The van der Waals surface area contributed by atoms with Gasteiger partial charge >= 0.3 is 0 Å². The Morgan fingerprint density at radius 2 is 1.75 bits per heavy atom. The van der Waals surface area contributed by atoms with E-state index >= 15 is 0 Å². The Balaban J connectivity index is 1.84. The van der Waals surface area contributed by atoms with Crippen LogP contribution in [0.15, 0.2) is 36.4 Å². The van der Waals surface area contributed by atoms with Crippen LogP contribution in [-0.2, 0) is 14.8 Å². The van der Waals surface area contributed by atoms with Gasteiger partial charge in [-0.15, -0.1) is 0 Å². The molecule has 0 spiro atoms. The number of hydrogen-bond donors (Lipinski definition) is 2. The van der Waals surface area contributed by atoms with Gasteiger partial charge in [0, 0.05) is 25.2 Å². The third-order valence-electron chi connectivity index (χ3n) is 4.97. The van der Waals surface area contributed by atoms with E-state index in [0.29, 0.717) is 25.3 Å². The molecule has 1 fully saturated rings. The van der Waals surface area contributed by atoms with Crippen molar-refractivity contribution in [2.24, 2.45) is 0 Å². The minimum Gasteiger partial charge on any atom is -0.379 e. The number of ether oxygens (including phenoxy) is 1. The molecule has 0 unspecified atom stereocenters. The number of nitrogens with one attached hydrogen (secondary N) is 2. The summed E-state index contributed by atoms with van der Waals surface area (Å²) >= 11 is 0. The van der Waals surface area contributed by atoms with Crippen LogP contribution in [0.5, 0.6) is 0 Å². The highest BCUT2D eigenvalue weighted by Gasteiger charge is 2.29. The Bertz CT molecular complexity index is 967. The Labute approximate surface area is 166 Å². The molecule has 1 saturated heterocycles. The third-order valence-corrected chi connectivity index (χ3v) is 5.57. The molecule has 0 aliphatic carbocycles. The summed E-state index contributed by atoms with van der Waals surface area (Å²) in [7, 11) is -3.51. The van der Waals surface area contributed by atoms with Crippen LogP contribution < -0.4 is 10.0 Å². The van der Waals surface area contributed by atoms with Gasteiger partial charge < -0.3 is 10.1 Å². The van der Waals surface area contributed by atoms with Crippen LogP contribution in [0, 0.1) is 0 Å². The van der Waals surface area contributed by atoms with Crippen LogP contribution in [0.1, 0.15) is 24.2 Å². The van der Waals surface area contributed by atoms with Crippen molar-refractivity contribution in [3.05, 3.63) is 42.0 Å². The second kappa shape index (κ2) is 8.06. The number of carbonyl (C=O) groups excluding carboxylic acids is 1. The summed E-state index contributed by atoms with van der Waals surface area (Å²) in [6.07, 6.45) is 1.07. The van der Waals surface area contributed by atoms with Gasteiger partial charge in [0.25, 0.3) is 5.91 Å². The average molecular weight is 406 g/mol. The molecule has 1 aliphatic rings. The van der Waals surface area contributed by atoms with Crippen molar-refractivity contribution in [2.75, 3.05) is 43.8 Å². The SMILES string of the molecule is CC(C)(CNC(=O)c1cc2ccccc2cc1NS(C)(=O)=O)N1CCOCC1. The second-order valence-electron chi connectivity index (χ2n) is 7.71. The maximum absolute atomic E-state index is 12.9. The summed E-state index contributed by atoms with van der Waals surface area (Å²) in [6, 6.07) is 10.9. The lowest BCUT2D eigenvalue weighted by atomic mass is 10.0. The first kappa shape index (κ1) is 20.6. The maximum Gasteiger partial charge on any atom is 0.253 e. The number of carbonyl (C=O) groups is 1. The average Bonchev–Trinajstić information content (AvgIpc) is 2.65. The first-order chi connectivity index (χ1) is 13.2. The molecule has 7 nitrogen and oxygen atoms in total. The van der Waals surface area contributed by atoms with Crippen molar-refractivity contribution in [3.63, 3.8) is 0 Å². The Morgan fingerprint density at radius 3 is 2.36 bits per heavy atom. The number of rotatable bonds is 6. The van der Waals surface area contributed by atoms with Crippen molar-refractivity contribution in [1.82, 2.24) is 10.2 Å². The van der Waals surface area contributed by atoms with Gasteiger partial charge in [-0.3, -0.25) is 14.4 Å². The topological polar surface area (TPSA) is 87.7 Å². The van der Waals surface area contributed by atoms with E-state index in [0.717, 1.165) is 30.1 Å². The number of morpholine rings is 1. The highest BCUT2D eigenvalue weighted by molar-refractivity contribution is 7.92. The van der Waals surface area contributed by atoms with Crippen LogP contribution in [0.2, 0.25) is 0 Å². The molecule has 0 saturated carbocycles. The number of anilines is 1. The summed E-state index contributed by atoms with van der Waals surface area (Å²) in [5.74, 6) is -0.307. The molecule has 1 amide bonds. The molecule has 1 aliphatic heterocycles. The molecule has 2 N–H and O–H groups in total. The molecular weight excluding hydrogens is 378 g/mol. The van der Waals surface area contributed by atoms with Gasteiger partial charge in [-0.25, -0.2) is 8.42 Å². The largest absolute Gasteiger partial charge is 0.379 e. The van der Waals surface area contributed by atoms with E-state index in [1.807, 2.05) is 24.3 Å². The molecule has 3 rings (SSSR count). The van der Waals surface area contributed by atoms with Gasteiger partial charge in [0.15, 0.2) is 0 Å². The van der Waals surface area contributed by atoms with Gasteiger partial charge in [-0.05, 0) is 36.8 Å². The number of sulfonamides is 1. The maximum atomic E-state index is 12.9. The van der Waals surface area contributed by atoms with E-state index in [2.05, 4.69) is 28.8 Å². The first-order valence-electron chi connectivity index (χ1n) is 9.27. The minimum atomic E-state index is -3.51. The van der Waals surface area contributed by atoms with Crippen LogP contribution >= 0.6 is 0 Å². The molecule has 0 bridgehead atoms. The second-order valence-corrected chi connectivity index (χ2v) is 9.46. The van der Waals surface area contributed by atoms with Gasteiger partial charge in [-0.1, -0.05) is 24.3 Å². The van der Waals surface area contributed by atoms with E-state index in [9.17, 15) is 13.2 Å². The summed E-state index contributed by atoms with van der Waals surface area (Å²) < 4.78 is 31.4. The van der Waals surface area contributed by atoms with E-state index in [-0.39, 0.29) is 17.1 Å². The number of nitrogens with zero attached hydrogens (tertiary/aromatic N) is 1. The summed E-state index contributed by atoms with van der Waals surface area (Å²) in [4.78, 5) is 15.2. The quantitative estimate of drug-likeness (QED) is 0.768. The minimum absolute atomic E-state index is 0.235.